The first-order chi connectivity index (χ1) is 10.0. The molecule has 0 radical (unpaired) electrons. The number of hydrogen-bond donors (Lipinski definition) is 2. The molecule has 0 aliphatic rings. The highest BCUT2D eigenvalue weighted by atomic mass is 35.5. The maximum atomic E-state index is 12.4. The Morgan fingerprint density at radius 2 is 2.33 bits per heavy atom. The van der Waals surface area contributed by atoms with Crippen molar-refractivity contribution < 1.29 is 9.35 Å². The molecule has 2 unspecified atom stereocenters. The molecule has 2 amide bonds. The van der Waals surface area contributed by atoms with Crippen molar-refractivity contribution in [1.82, 2.24) is 15.6 Å². The number of amides is 2. The molecule has 0 aliphatic carbocycles. The fourth-order valence-electron chi connectivity index (χ4n) is 1.57. The lowest BCUT2D eigenvalue weighted by Crippen LogP contribution is -2.44. The Morgan fingerprint density at radius 3 is 3.05 bits per heavy atom. The Balaban J connectivity index is 2.06. The number of thiazole rings is 1. The third-order valence-electron chi connectivity index (χ3n) is 2.54. The minimum Gasteiger partial charge on any atom is -0.608 e. The summed E-state index contributed by atoms with van der Waals surface area (Å²) in [6.07, 6.45) is 0. The van der Waals surface area contributed by atoms with Gasteiger partial charge < -0.3 is 9.87 Å². The molecular formula is C12H13Cl2N3O2S2. The summed E-state index contributed by atoms with van der Waals surface area (Å²) in [5.74, 6) is 0.323. The maximum Gasteiger partial charge on any atom is 0.318 e. The van der Waals surface area contributed by atoms with E-state index in [1.54, 1.807) is 19.1 Å². The molecule has 2 atom stereocenters. The van der Waals surface area contributed by atoms with Gasteiger partial charge in [0.05, 0.1) is 10.2 Å². The van der Waals surface area contributed by atoms with Crippen LogP contribution in [0.15, 0.2) is 22.5 Å². The van der Waals surface area contributed by atoms with E-state index in [9.17, 15) is 9.35 Å². The van der Waals surface area contributed by atoms with Gasteiger partial charge in [0.1, 0.15) is 0 Å². The normalized spacial score (nSPS) is 13.9. The topological polar surface area (TPSA) is 77.1 Å². The fourth-order valence-corrected chi connectivity index (χ4v) is 4.24. The molecule has 2 rings (SSSR count). The number of urea groups is 1. The Kier molecular flexibility index (Phi) is 5.95. The minimum atomic E-state index is -1.43. The van der Waals surface area contributed by atoms with Crippen molar-refractivity contribution in [3.05, 3.63) is 23.2 Å². The van der Waals surface area contributed by atoms with Crippen LogP contribution in [0.4, 0.5) is 4.79 Å². The Morgan fingerprint density at radius 1 is 1.57 bits per heavy atom. The van der Waals surface area contributed by atoms with E-state index < -0.39 is 22.6 Å². The van der Waals surface area contributed by atoms with E-state index in [0.717, 1.165) is 4.70 Å². The van der Waals surface area contributed by atoms with Crippen molar-refractivity contribution in [2.45, 2.75) is 16.6 Å². The van der Waals surface area contributed by atoms with Crippen LogP contribution in [0.2, 0.25) is 5.02 Å². The Bertz CT molecular complexity index is 638. The zero-order valence-corrected chi connectivity index (χ0v) is 14.2. The molecule has 9 heteroatoms. The highest BCUT2D eigenvalue weighted by Crippen LogP contribution is 2.29. The molecular weight excluding hydrogens is 353 g/mol. The number of hydrogen-bond acceptors (Lipinski definition) is 4. The van der Waals surface area contributed by atoms with E-state index in [4.69, 9.17) is 23.2 Å². The number of carbonyl (C=O) groups excluding carboxylic acids is 1. The summed E-state index contributed by atoms with van der Waals surface area (Å²) < 4.78 is 13.7. The molecule has 2 aromatic rings. The SMILES string of the molecule is CC(NC(=O)NCCCl)[S+]([O-])c1nc2cc(Cl)ccc2s1. The zero-order chi connectivity index (χ0) is 15.4. The minimum absolute atomic E-state index is 0.323. The molecule has 5 nitrogen and oxygen atoms in total. The molecule has 0 spiro atoms. The summed E-state index contributed by atoms with van der Waals surface area (Å²) in [4.78, 5) is 15.8. The van der Waals surface area contributed by atoms with Crippen molar-refractivity contribution in [1.29, 1.82) is 0 Å². The summed E-state index contributed by atoms with van der Waals surface area (Å²) in [6.45, 7) is 2.02. The Hall–Kier alpha value is -0.730. The van der Waals surface area contributed by atoms with E-state index in [2.05, 4.69) is 15.6 Å². The average molecular weight is 366 g/mol. The van der Waals surface area contributed by atoms with Crippen LogP contribution < -0.4 is 10.6 Å². The molecule has 1 aromatic carbocycles. The van der Waals surface area contributed by atoms with Gasteiger partial charge in [-0.3, -0.25) is 5.32 Å². The molecule has 0 saturated heterocycles. The number of halogens is 2. The van der Waals surface area contributed by atoms with Crippen LogP contribution >= 0.6 is 34.5 Å². The number of aromatic nitrogens is 1. The van der Waals surface area contributed by atoms with Gasteiger partial charge in [-0.15, -0.1) is 11.6 Å². The first-order valence-electron chi connectivity index (χ1n) is 6.08. The molecule has 0 saturated carbocycles. The summed E-state index contributed by atoms with van der Waals surface area (Å²) in [6, 6.07) is 4.91. The number of fused-ring (bicyclic) bond motifs is 1. The Labute approximate surface area is 139 Å². The van der Waals surface area contributed by atoms with Crippen LogP contribution in [0.5, 0.6) is 0 Å². The second-order valence-corrected chi connectivity index (χ2v) is 7.91. The van der Waals surface area contributed by atoms with Crippen molar-refractivity contribution in [3.8, 4) is 0 Å². The van der Waals surface area contributed by atoms with Gasteiger partial charge in [0, 0.05) is 35.5 Å². The second-order valence-electron chi connectivity index (χ2n) is 4.12. The van der Waals surface area contributed by atoms with E-state index in [-0.39, 0.29) is 0 Å². The third kappa shape index (κ3) is 4.37. The van der Waals surface area contributed by atoms with Gasteiger partial charge in [0.2, 0.25) is 0 Å². The van der Waals surface area contributed by atoms with Gasteiger partial charge in [0.25, 0.3) is 0 Å². The van der Waals surface area contributed by atoms with Crippen LogP contribution in [-0.4, -0.2) is 33.4 Å². The van der Waals surface area contributed by atoms with Gasteiger partial charge in [-0.25, -0.2) is 4.79 Å². The van der Waals surface area contributed by atoms with E-state index in [1.165, 1.54) is 11.3 Å². The highest BCUT2D eigenvalue weighted by molar-refractivity contribution is 7.94. The quantitative estimate of drug-likeness (QED) is 0.631. The lowest BCUT2D eigenvalue weighted by atomic mass is 10.3. The van der Waals surface area contributed by atoms with Crippen LogP contribution in [-0.2, 0) is 11.2 Å². The van der Waals surface area contributed by atoms with Crippen LogP contribution in [0, 0.1) is 0 Å². The summed E-state index contributed by atoms with van der Waals surface area (Å²) in [7, 11) is 0. The van der Waals surface area contributed by atoms with Gasteiger partial charge in [-0.1, -0.05) is 22.9 Å². The van der Waals surface area contributed by atoms with Gasteiger partial charge in [-0.05, 0) is 18.2 Å². The van der Waals surface area contributed by atoms with Crippen LogP contribution in [0.1, 0.15) is 6.92 Å². The molecule has 1 aromatic heterocycles. The van der Waals surface area contributed by atoms with Crippen molar-refractivity contribution in [2.75, 3.05) is 12.4 Å². The first-order valence-corrected chi connectivity index (χ1v) is 9.02. The van der Waals surface area contributed by atoms with E-state index >= 15 is 0 Å². The summed E-state index contributed by atoms with van der Waals surface area (Å²) in [5.41, 5.74) is 0.703. The van der Waals surface area contributed by atoms with E-state index in [0.29, 0.717) is 27.3 Å². The third-order valence-corrected chi connectivity index (χ3v) is 5.73. The number of alkyl halides is 1. The number of nitrogens with one attached hydrogen (secondary N) is 2. The average Bonchev–Trinajstić information content (AvgIpc) is 2.86. The molecule has 2 N–H and O–H groups in total. The predicted molar refractivity (Wildman–Crippen MR) is 87.8 cm³/mol. The molecule has 0 fully saturated rings. The smallest absolute Gasteiger partial charge is 0.318 e. The molecule has 114 valence electrons. The number of carbonyl (C=O) groups is 1. The van der Waals surface area contributed by atoms with Crippen molar-refractivity contribution in [2.24, 2.45) is 0 Å². The first kappa shape index (κ1) is 16.6. The van der Waals surface area contributed by atoms with Gasteiger partial charge in [0.15, 0.2) is 5.37 Å². The van der Waals surface area contributed by atoms with Crippen LogP contribution in [0.25, 0.3) is 10.2 Å². The molecule has 0 bridgehead atoms. The molecule has 21 heavy (non-hydrogen) atoms. The second kappa shape index (κ2) is 7.51. The number of nitrogens with zero attached hydrogens (tertiary/aromatic N) is 1. The largest absolute Gasteiger partial charge is 0.608 e. The molecule has 0 aliphatic heterocycles. The van der Waals surface area contributed by atoms with E-state index in [1.807, 2.05) is 6.07 Å². The maximum absolute atomic E-state index is 12.4. The summed E-state index contributed by atoms with van der Waals surface area (Å²) >= 11 is 11.3. The monoisotopic (exact) mass is 365 g/mol. The lowest BCUT2D eigenvalue weighted by molar-refractivity contribution is 0.241. The highest BCUT2D eigenvalue weighted by Gasteiger charge is 2.25. The zero-order valence-electron chi connectivity index (χ0n) is 11.1. The fraction of sp³-hybridized carbons (Fsp3) is 0.333. The number of benzene rings is 1. The summed E-state index contributed by atoms with van der Waals surface area (Å²) in [5, 5.41) is 5.17. The number of rotatable bonds is 5. The van der Waals surface area contributed by atoms with Crippen molar-refractivity contribution in [3.63, 3.8) is 0 Å². The standard InChI is InChI=1S/C12H13Cl2N3O2S2/c1-7(16-11(18)15-5-4-13)21(19)12-17-9-6-8(14)2-3-10(9)20-12/h2-3,6-7H,4-5H2,1H3,(H2,15,16,18). The van der Waals surface area contributed by atoms with Crippen molar-refractivity contribution >= 4 is 62.0 Å². The molecule has 1 heterocycles. The lowest BCUT2D eigenvalue weighted by Gasteiger charge is -2.16. The predicted octanol–water partition coefficient (Wildman–Crippen LogP) is 2.94. The van der Waals surface area contributed by atoms with Gasteiger partial charge >= 0.3 is 10.4 Å². The van der Waals surface area contributed by atoms with Crippen LogP contribution in [0.3, 0.4) is 0 Å². The van der Waals surface area contributed by atoms with Gasteiger partial charge in [-0.2, -0.15) is 4.98 Å².